The number of ether oxygens (including phenoxy) is 1. The number of benzene rings is 2. The standard InChI is InChI=1S/C36H36Cl2N6O4/c1-43(15-16-45)21-24-19-40-31-17-22(13-14-44(31)36(24)47)26-5-3-6-27(33(26)37)28-7-4-8-29(34(28)38)30-11-9-23(35(42-30)48-2)18-39-20-25-10-12-32(46)41-25/h3-9,11,13-14,17,19,25,39,45H,10,12,15-16,18,20-21H2,1-2H3,(H,41,46)/t25-/m0/s1. The summed E-state index contributed by atoms with van der Waals surface area (Å²) in [6.45, 7) is 2.07. The summed E-state index contributed by atoms with van der Waals surface area (Å²) in [7, 11) is 3.43. The largest absolute Gasteiger partial charge is 0.481 e. The highest BCUT2D eigenvalue weighted by Crippen LogP contribution is 2.42. The molecule has 3 N–H and O–H groups in total. The van der Waals surface area contributed by atoms with Crippen molar-refractivity contribution in [2.24, 2.45) is 0 Å². The number of halogens is 2. The zero-order valence-electron chi connectivity index (χ0n) is 26.7. The van der Waals surface area contributed by atoms with Gasteiger partial charge in [0.15, 0.2) is 0 Å². The quantitative estimate of drug-likeness (QED) is 0.164. The van der Waals surface area contributed by atoms with Crippen molar-refractivity contribution in [1.29, 1.82) is 0 Å². The molecule has 0 radical (unpaired) electrons. The topological polar surface area (TPSA) is 121 Å². The van der Waals surface area contributed by atoms with Gasteiger partial charge in [0.05, 0.1) is 35.0 Å². The number of aliphatic hydroxyl groups is 1. The molecular weight excluding hydrogens is 651 g/mol. The minimum Gasteiger partial charge on any atom is -0.481 e. The van der Waals surface area contributed by atoms with E-state index in [0.717, 1.165) is 39.8 Å². The Bertz CT molecular complexity index is 2030. The lowest BCUT2D eigenvalue weighted by Gasteiger charge is -2.16. The molecule has 0 bridgehead atoms. The average Bonchev–Trinajstić information content (AvgIpc) is 3.51. The number of carbonyl (C=O) groups excluding carboxylic acids is 1. The molecule has 5 aromatic rings. The van der Waals surface area contributed by atoms with Gasteiger partial charge in [-0.25, -0.2) is 9.97 Å². The first-order valence-corrected chi connectivity index (χ1v) is 16.4. The number of hydrogen-bond acceptors (Lipinski definition) is 8. The van der Waals surface area contributed by atoms with Gasteiger partial charge in [-0.2, -0.15) is 0 Å². The van der Waals surface area contributed by atoms with Crippen molar-refractivity contribution < 1.29 is 14.6 Å². The number of nitrogens with one attached hydrogen (secondary N) is 2. The van der Waals surface area contributed by atoms with E-state index in [9.17, 15) is 14.7 Å². The summed E-state index contributed by atoms with van der Waals surface area (Å²) in [5.74, 6) is 0.584. The number of nitrogens with zero attached hydrogens (tertiary/aromatic N) is 4. The lowest BCUT2D eigenvalue weighted by Crippen LogP contribution is -2.35. The number of rotatable bonds is 12. The molecule has 1 saturated heterocycles. The van der Waals surface area contributed by atoms with Gasteiger partial charge in [-0.05, 0) is 37.2 Å². The maximum absolute atomic E-state index is 13.1. The number of aliphatic hydroxyl groups excluding tert-OH is 1. The average molecular weight is 688 g/mol. The summed E-state index contributed by atoms with van der Waals surface area (Å²) >= 11 is 14.1. The SMILES string of the molecule is COc1nc(-c2cccc(-c3cccc(-c4ccn5c(=O)c(CN(C)CCO)cnc5c4)c3Cl)c2Cl)ccc1CNC[C@@H]1CCC(=O)N1. The Morgan fingerprint density at radius 1 is 1.02 bits per heavy atom. The van der Waals surface area contributed by atoms with E-state index in [1.807, 2.05) is 72.6 Å². The highest BCUT2D eigenvalue weighted by Gasteiger charge is 2.21. The monoisotopic (exact) mass is 686 g/mol. The summed E-state index contributed by atoms with van der Waals surface area (Å²) in [5, 5.41) is 16.6. The van der Waals surface area contributed by atoms with Crippen molar-refractivity contribution >= 4 is 34.8 Å². The Kier molecular flexibility index (Phi) is 10.4. The lowest BCUT2D eigenvalue weighted by molar-refractivity contribution is -0.119. The molecule has 1 amide bonds. The van der Waals surface area contributed by atoms with E-state index >= 15 is 0 Å². The van der Waals surface area contributed by atoms with Crippen LogP contribution in [0.2, 0.25) is 10.0 Å². The van der Waals surface area contributed by atoms with Crippen LogP contribution in [0.25, 0.3) is 39.2 Å². The van der Waals surface area contributed by atoms with E-state index in [1.165, 1.54) is 4.40 Å². The van der Waals surface area contributed by atoms with Crippen molar-refractivity contribution in [2.45, 2.75) is 32.0 Å². The maximum atomic E-state index is 13.1. The van der Waals surface area contributed by atoms with Crippen LogP contribution in [0, 0.1) is 0 Å². The Hall–Kier alpha value is -4.32. The van der Waals surface area contributed by atoms with Gasteiger partial charge in [-0.15, -0.1) is 0 Å². The molecule has 248 valence electrons. The number of methoxy groups -OCH3 is 1. The molecule has 6 rings (SSSR count). The van der Waals surface area contributed by atoms with Crippen LogP contribution in [0.5, 0.6) is 5.88 Å². The fourth-order valence-corrected chi connectivity index (χ4v) is 6.63. The van der Waals surface area contributed by atoms with Crippen molar-refractivity contribution in [3.8, 4) is 39.4 Å². The fraction of sp³-hybridized carbons (Fsp3) is 0.278. The molecule has 1 aliphatic rings. The molecule has 1 fully saturated rings. The van der Waals surface area contributed by atoms with E-state index in [0.29, 0.717) is 65.4 Å². The minimum absolute atomic E-state index is 0.0129. The molecule has 48 heavy (non-hydrogen) atoms. The van der Waals surface area contributed by atoms with Crippen LogP contribution in [0.4, 0.5) is 0 Å². The maximum Gasteiger partial charge on any atom is 0.262 e. The van der Waals surface area contributed by atoms with Crippen LogP contribution in [-0.4, -0.2) is 70.2 Å². The minimum atomic E-state index is -0.159. The number of hydrogen-bond donors (Lipinski definition) is 3. The number of amides is 1. The van der Waals surface area contributed by atoms with Gasteiger partial charge in [-0.3, -0.25) is 18.9 Å². The van der Waals surface area contributed by atoms with Gasteiger partial charge in [0.2, 0.25) is 11.8 Å². The van der Waals surface area contributed by atoms with Crippen LogP contribution in [-0.2, 0) is 17.9 Å². The molecule has 3 aromatic heterocycles. The predicted molar refractivity (Wildman–Crippen MR) is 188 cm³/mol. The van der Waals surface area contributed by atoms with Gasteiger partial charge >= 0.3 is 0 Å². The third kappa shape index (κ3) is 7.08. The Labute approximate surface area is 288 Å². The van der Waals surface area contributed by atoms with Crippen molar-refractivity contribution in [3.05, 3.63) is 105 Å². The van der Waals surface area contributed by atoms with E-state index in [4.69, 9.17) is 32.9 Å². The van der Waals surface area contributed by atoms with Crippen LogP contribution < -0.4 is 20.9 Å². The first-order chi connectivity index (χ1) is 23.3. The Balaban J connectivity index is 1.27. The predicted octanol–water partition coefficient (Wildman–Crippen LogP) is 5.20. The Morgan fingerprint density at radius 3 is 2.46 bits per heavy atom. The summed E-state index contributed by atoms with van der Waals surface area (Å²) in [4.78, 5) is 35.8. The van der Waals surface area contributed by atoms with Gasteiger partial charge in [0.1, 0.15) is 5.65 Å². The second-order valence-electron chi connectivity index (χ2n) is 11.8. The van der Waals surface area contributed by atoms with Crippen molar-refractivity contribution in [1.82, 2.24) is 29.9 Å². The number of aromatic nitrogens is 3. The van der Waals surface area contributed by atoms with Crippen LogP contribution in [0.15, 0.2) is 77.9 Å². The second kappa shape index (κ2) is 14.8. The van der Waals surface area contributed by atoms with E-state index < -0.39 is 0 Å². The highest BCUT2D eigenvalue weighted by molar-refractivity contribution is 6.39. The third-order valence-corrected chi connectivity index (χ3v) is 9.32. The van der Waals surface area contributed by atoms with Crippen molar-refractivity contribution in [2.75, 3.05) is 33.9 Å². The number of carbonyl (C=O) groups is 1. The first kappa shape index (κ1) is 33.6. The zero-order valence-corrected chi connectivity index (χ0v) is 28.2. The fourth-order valence-electron chi connectivity index (χ4n) is 5.97. The van der Waals surface area contributed by atoms with Crippen LogP contribution >= 0.6 is 23.2 Å². The molecule has 12 heteroatoms. The van der Waals surface area contributed by atoms with E-state index in [1.54, 1.807) is 19.5 Å². The van der Waals surface area contributed by atoms with Gasteiger partial charge in [0, 0.05) is 78.9 Å². The molecule has 0 saturated carbocycles. The first-order valence-electron chi connectivity index (χ1n) is 15.7. The normalized spacial score (nSPS) is 14.5. The molecule has 0 spiro atoms. The molecule has 2 aromatic carbocycles. The summed E-state index contributed by atoms with van der Waals surface area (Å²) in [5.41, 5.74) is 6.24. The number of likely N-dealkylation sites (N-methyl/N-ethyl adjacent to an activating group) is 1. The molecule has 0 aliphatic carbocycles. The Morgan fingerprint density at radius 2 is 1.75 bits per heavy atom. The zero-order chi connectivity index (χ0) is 33.8. The lowest BCUT2D eigenvalue weighted by atomic mass is 9.97. The third-order valence-electron chi connectivity index (χ3n) is 8.50. The molecule has 1 atom stereocenters. The molecular formula is C36H36Cl2N6O4. The second-order valence-corrected chi connectivity index (χ2v) is 12.6. The van der Waals surface area contributed by atoms with Gasteiger partial charge < -0.3 is 20.5 Å². The molecule has 1 aliphatic heterocycles. The molecule has 10 nitrogen and oxygen atoms in total. The molecule has 4 heterocycles. The van der Waals surface area contributed by atoms with Crippen LogP contribution in [0.3, 0.4) is 0 Å². The summed E-state index contributed by atoms with van der Waals surface area (Å²) < 4.78 is 7.15. The highest BCUT2D eigenvalue weighted by atomic mass is 35.5. The van der Waals surface area contributed by atoms with E-state index in [2.05, 4.69) is 15.6 Å². The van der Waals surface area contributed by atoms with Gasteiger partial charge in [-0.1, -0.05) is 65.7 Å². The van der Waals surface area contributed by atoms with E-state index in [-0.39, 0.29) is 24.1 Å². The number of fused-ring (bicyclic) bond motifs is 1. The number of pyridine rings is 2. The van der Waals surface area contributed by atoms with Crippen molar-refractivity contribution in [3.63, 3.8) is 0 Å². The summed E-state index contributed by atoms with van der Waals surface area (Å²) in [6, 6.07) is 19.2. The molecule has 0 unspecified atom stereocenters. The summed E-state index contributed by atoms with van der Waals surface area (Å²) in [6.07, 6.45) is 4.69. The van der Waals surface area contributed by atoms with Crippen LogP contribution in [0.1, 0.15) is 24.0 Å². The van der Waals surface area contributed by atoms with Gasteiger partial charge in [0.25, 0.3) is 5.56 Å². The smallest absolute Gasteiger partial charge is 0.262 e.